The second-order valence-corrected chi connectivity index (χ2v) is 22.3. The van der Waals surface area contributed by atoms with E-state index in [1.807, 2.05) is 0 Å². The third kappa shape index (κ3) is 6.44. The molecule has 0 saturated heterocycles. The van der Waals surface area contributed by atoms with Crippen LogP contribution in [0.25, 0.3) is 16.0 Å². The summed E-state index contributed by atoms with van der Waals surface area (Å²) in [5.74, 6) is -19.6. The number of aliphatic hydroxyl groups is 7. The molecule has 2 heterocycles. The molecule has 22 heteroatoms. The summed E-state index contributed by atoms with van der Waals surface area (Å²) < 4.78 is 0.721. The molecular weight excluding hydrogens is 997 g/mol. The number of carbonyl (C=O) groups is 6. The summed E-state index contributed by atoms with van der Waals surface area (Å²) >= 11 is 2.52. The number of carbonyl (C=O) groups excluding carboxylic acids is 6. The number of nitrogens with one attached hydrogen (secondary N) is 1. The molecule has 382 valence electrons. The summed E-state index contributed by atoms with van der Waals surface area (Å²) in [6, 6.07) is 6.94. The van der Waals surface area contributed by atoms with Crippen molar-refractivity contribution in [2.24, 2.45) is 35.3 Å². The van der Waals surface area contributed by atoms with Crippen molar-refractivity contribution in [3.05, 3.63) is 132 Å². The third-order valence-corrected chi connectivity index (χ3v) is 18.3. The number of benzene rings is 2. The molecule has 20 nitrogen and oxygen atoms in total. The summed E-state index contributed by atoms with van der Waals surface area (Å²) in [5.41, 5.74) is -3.55. The van der Waals surface area contributed by atoms with E-state index in [1.54, 1.807) is 41.9 Å². The molecule has 7 aliphatic carbocycles. The number of primary amides is 1. The Hall–Kier alpha value is -7.34. The van der Waals surface area contributed by atoms with Gasteiger partial charge in [-0.2, -0.15) is 0 Å². The zero-order valence-corrected chi connectivity index (χ0v) is 41.4. The predicted molar refractivity (Wildman–Crippen MR) is 266 cm³/mol. The van der Waals surface area contributed by atoms with Crippen molar-refractivity contribution in [1.82, 2.24) is 19.8 Å². The van der Waals surface area contributed by atoms with Gasteiger partial charge in [0, 0.05) is 69.7 Å². The largest absolute Gasteiger partial charge is 0.508 e. The first-order valence-corrected chi connectivity index (χ1v) is 25.3. The molecule has 1 unspecified atom stereocenters. The summed E-state index contributed by atoms with van der Waals surface area (Å²) in [6.07, 6.45) is 4.61. The third-order valence-electron chi connectivity index (χ3n) is 16.3. The van der Waals surface area contributed by atoms with E-state index in [1.165, 1.54) is 78.9 Å². The monoisotopic (exact) mass is 1040 g/mol. The van der Waals surface area contributed by atoms with E-state index in [4.69, 9.17) is 10.7 Å². The molecule has 2 saturated carbocycles. The molecule has 11 atom stereocenters. The molecule has 74 heavy (non-hydrogen) atoms. The van der Waals surface area contributed by atoms with Crippen LogP contribution in [0.5, 0.6) is 5.75 Å². The normalized spacial score (nSPS) is 31.7. The van der Waals surface area contributed by atoms with Gasteiger partial charge in [0.15, 0.2) is 22.8 Å². The number of phenolic OH excluding ortho intramolecular Hbond substituents is 1. The Kier molecular flexibility index (Phi) is 11.1. The summed E-state index contributed by atoms with van der Waals surface area (Å²) in [7, 11) is 5.94. The quantitative estimate of drug-likeness (QED) is 0.0929. The van der Waals surface area contributed by atoms with E-state index in [2.05, 4.69) is 10.3 Å². The maximum Gasteiger partial charge on any atom is 0.263 e. The van der Waals surface area contributed by atoms with Gasteiger partial charge in [0.1, 0.15) is 50.7 Å². The number of allylic oxidation sites excluding steroid dienone is 3. The fourth-order valence-electron chi connectivity index (χ4n) is 13.2. The first kappa shape index (κ1) is 48.9. The number of amides is 2. The number of aliphatic hydroxyl groups excluding tert-OH is 5. The molecule has 0 spiro atoms. The molecular formula is C52H48N6O14S2. The Balaban J connectivity index is 1.04. The Labute approximate surface area is 428 Å². The number of fused-ring (bicyclic) bond motifs is 7. The highest BCUT2D eigenvalue weighted by Crippen LogP contribution is 2.61. The van der Waals surface area contributed by atoms with Crippen molar-refractivity contribution in [2.45, 2.75) is 54.4 Å². The average molecular weight is 1050 g/mol. The number of phenols is 1. The smallest absolute Gasteiger partial charge is 0.263 e. The van der Waals surface area contributed by atoms with Crippen LogP contribution >= 0.6 is 22.7 Å². The zero-order valence-electron chi connectivity index (χ0n) is 39.8. The number of aromatic nitrogens is 2. The van der Waals surface area contributed by atoms with Crippen molar-refractivity contribution in [2.75, 3.05) is 33.5 Å². The van der Waals surface area contributed by atoms with Gasteiger partial charge in [-0.05, 0) is 77.3 Å². The Morgan fingerprint density at radius 1 is 0.757 bits per heavy atom. The highest BCUT2D eigenvalue weighted by Gasteiger charge is 2.68. The minimum absolute atomic E-state index is 0.0452. The molecule has 0 aliphatic heterocycles. The molecule has 2 fully saturated rings. The number of nitrogens with two attached hydrogens (primary N) is 1. The van der Waals surface area contributed by atoms with Gasteiger partial charge in [-0.3, -0.25) is 38.6 Å². The lowest BCUT2D eigenvalue weighted by molar-refractivity contribution is -0.155. The number of hydrogen-bond acceptors (Lipinski definition) is 20. The van der Waals surface area contributed by atoms with Crippen molar-refractivity contribution in [3.8, 4) is 5.75 Å². The zero-order chi connectivity index (χ0) is 52.9. The number of aromatic hydroxyl groups is 1. The second kappa shape index (κ2) is 16.8. The summed E-state index contributed by atoms with van der Waals surface area (Å²) in [4.78, 5) is 98.2. The van der Waals surface area contributed by atoms with Gasteiger partial charge in [-0.25, -0.2) is 9.97 Å². The van der Waals surface area contributed by atoms with Gasteiger partial charge in [-0.15, -0.1) is 22.7 Å². The minimum atomic E-state index is -3.00. The standard InChI is InChI=1S/C52H48N6O14S2/c1-57(2)36-22-17-21-29(50-56-24-9-5-6-11-27(24)74-50)19-12-13-25(38(60)31(19)40(62)33(21)44(66)51(22,71)45(67)34(41(36)63)47(53)69)55-48(70)35-42(64)37(58(3)4)23-16-20-28(49-54-14-15-73-49)18-8-7-10-26(59)30(18)39(61)32(20)43(65)52(23,72)46(35)68/h5-7,9-15,18,20-23,28-29,36-37,59-62,67-68,71-72H,8,16-17H2,1-4H3,(H2,53,69)(H,55,70)/t18?,20-,21-,22+,23+,28+,29+,36+,37+,51+,52+/m1/s1. The number of likely N-dealkylation sites (N-methyl/N-ethyl adjacent to an activating group) is 2. The molecule has 11 N–H and O–H groups in total. The van der Waals surface area contributed by atoms with Crippen LogP contribution in [-0.2, 0) is 28.8 Å². The van der Waals surface area contributed by atoms with E-state index in [-0.39, 0.29) is 35.3 Å². The van der Waals surface area contributed by atoms with Crippen molar-refractivity contribution in [1.29, 1.82) is 0 Å². The molecule has 0 bridgehead atoms. The summed E-state index contributed by atoms with van der Waals surface area (Å²) in [5, 5.41) is 101. The van der Waals surface area contributed by atoms with Crippen LogP contribution in [0.2, 0.25) is 0 Å². The van der Waals surface area contributed by atoms with Gasteiger partial charge in [-0.1, -0.05) is 24.3 Å². The van der Waals surface area contributed by atoms with Crippen molar-refractivity contribution >= 4 is 79.3 Å². The number of hydrogen-bond donors (Lipinski definition) is 10. The summed E-state index contributed by atoms with van der Waals surface area (Å²) in [6.45, 7) is 0. The van der Waals surface area contributed by atoms with Gasteiger partial charge in [0.25, 0.3) is 11.8 Å². The maximum atomic E-state index is 15.0. The molecule has 4 aromatic rings. The Bertz CT molecular complexity index is 3430. The van der Waals surface area contributed by atoms with Crippen LogP contribution in [0.3, 0.4) is 0 Å². The fourth-order valence-corrected chi connectivity index (χ4v) is 15.2. The lowest BCUT2D eigenvalue weighted by Gasteiger charge is -2.52. The molecule has 0 radical (unpaired) electrons. The molecule has 2 amide bonds. The number of ketones is 4. The Morgan fingerprint density at radius 2 is 1.36 bits per heavy atom. The van der Waals surface area contributed by atoms with Crippen LogP contribution in [0.15, 0.2) is 111 Å². The second-order valence-electron chi connectivity index (χ2n) is 20.3. The van der Waals surface area contributed by atoms with Crippen LogP contribution in [0, 0.1) is 29.6 Å². The minimum Gasteiger partial charge on any atom is -0.508 e. The SMILES string of the molecule is CN(C)[C@@H]1C(=O)C(C(N)=O)=C(O)[C@@]2(O)C(=O)C3=C(O)c4c(ccc(NC(=O)C5=C(O)[C@@]6(O)C(=O)C7=C(O)C8=C(O)C=CCC8[C@H](c8nccs8)[C@H]7C[C@H]6[C@H](N(C)C)C5=O)c4O)[C@H](c4nc5ccccc5s4)[C@H]3C[C@@H]12. The number of para-hydroxylation sites is 1. The van der Waals surface area contributed by atoms with Gasteiger partial charge >= 0.3 is 0 Å². The van der Waals surface area contributed by atoms with Gasteiger partial charge in [0.05, 0.1) is 38.6 Å². The van der Waals surface area contributed by atoms with Crippen LogP contribution < -0.4 is 11.1 Å². The highest BCUT2D eigenvalue weighted by atomic mass is 32.1. The lowest BCUT2D eigenvalue weighted by atomic mass is 9.53. The van der Waals surface area contributed by atoms with E-state index in [0.717, 1.165) is 4.70 Å². The number of rotatable bonds is 7. The first-order chi connectivity index (χ1) is 35.1. The lowest BCUT2D eigenvalue weighted by Crippen LogP contribution is -2.66. The highest BCUT2D eigenvalue weighted by molar-refractivity contribution is 7.18. The number of anilines is 1. The van der Waals surface area contributed by atoms with Gasteiger partial charge in [0.2, 0.25) is 11.6 Å². The van der Waals surface area contributed by atoms with E-state index in [9.17, 15) is 60.0 Å². The fraction of sp³-hybridized carbons (Fsp3) is 0.346. The van der Waals surface area contributed by atoms with Crippen LogP contribution in [-0.4, -0.2) is 147 Å². The van der Waals surface area contributed by atoms with Crippen molar-refractivity contribution in [3.63, 3.8) is 0 Å². The molecule has 2 aromatic carbocycles. The number of nitrogens with zero attached hydrogens (tertiary/aromatic N) is 4. The van der Waals surface area contributed by atoms with Gasteiger partial charge < -0.3 is 51.9 Å². The Morgan fingerprint density at radius 3 is 1.97 bits per heavy atom. The number of Topliss-reactive ketones (excluding diaryl/α,β-unsaturated/α-hetero) is 4. The first-order valence-electron chi connectivity index (χ1n) is 23.6. The maximum absolute atomic E-state index is 15.0. The van der Waals surface area contributed by atoms with Crippen LogP contribution in [0.1, 0.15) is 52.2 Å². The van der Waals surface area contributed by atoms with E-state index >= 15 is 9.59 Å². The topological polar surface area (TPSA) is 335 Å². The predicted octanol–water partition coefficient (Wildman–Crippen LogP) is 3.82. The average Bonchev–Trinajstić information content (AvgIpc) is 4.04. The molecule has 2 aromatic heterocycles. The van der Waals surface area contributed by atoms with Crippen LogP contribution in [0.4, 0.5) is 5.69 Å². The molecule has 7 aliphatic rings. The van der Waals surface area contributed by atoms with E-state index < -0.39 is 156 Å². The molecule has 11 rings (SSSR count). The number of thiazole rings is 2. The van der Waals surface area contributed by atoms with E-state index in [0.29, 0.717) is 22.0 Å². The van der Waals surface area contributed by atoms with Crippen molar-refractivity contribution < 1.29 is 69.6 Å².